The van der Waals surface area contributed by atoms with Crippen molar-refractivity contribution in [3.05, 3.63) is 0 Å². The third-order valence-corrected chi connectivity index (χ3v) is 4.40. The quantitative estimate of drug-likeness (QED) is 0.727. The van der Waals surface area contributed by atoms with Crippen LogP contribution in [0.5, 0.6) is 0 Å². The fourth-order valence-electron chi connectivity index (χ4n) is 3.07. The first-order chi connectivity index (χ1) is 11.8. The van der Waals surface area contributed by atoms with Gasteiger partial charge in [-0.2, -0.15) is 0 Å². The van der Waals surface area contributed by atoms with Crippen LogP contribution >= 0.6 is 0 Å². The maximum atomic E-state index is 12.2. The molecule has 0 aromatic rings. The Balaban J connectivity index is 2.26. The Hall–Kier alpha value is -1.30. The molecule has 1 fully saturated rings. The van der Waals surface area contributed by atoms with Crippen molar-refractivity contribution in [2.45, 2.75) is 65.9 Å². The van der Waals surface area contributed by atoms with E-state index >= 15 is 0 Å². The number of carbonyl (C=O) groups is 2. The standard InChI is InChI=1S/C19H37N3O3/c1-6-8-16(9-7-2)17(23)20-10-11-21-12-14-22(15-13-21)18(24)25-19(3,4)5/h16H,6-15H2,1-5H3,(H,20,23). The summed E-state index contributed by atoms with van der Waals surface area (Å²) in [6.07, 6.45) is 3.79. The zero-order chi connectivity index (χ0) is 18.9. The summed E-state index contributed by atoms with van der Waals surface area (Å²) in [5.41, 5.74) is -0.452. The summed E-state index contributed by atoms with van der Waals surface area (Å²) in [5, 5.41) is 3.08. The second-order valence-electron chi connectivity index (χ2n) is 7.87. The summed E-state index contributed by atoms with van der Waals surface area (Å²) in [5.74, 6) is 0.343. The SMILES string of the molecule is CCCC(CCC)C(=O)NCCN1CCN(C(=O)OC(C)(C)C)CC1. The summed E-state index contributed by atoms with van der Waals surface area (Å²) in [4.78, 5) is 28.3. The van der Waals surface area contributed by atoms with E-state index in [1.807, 2.05) is 20.8 Å². The third kappa shape index (κ3) is 8.56. The Labute approximate surface area is 153 Å². The van der Waals surface area contributed by atoms with Crippen LogP contribution in [0.1, 0.15) is 60.3 Å². The molecule has 2 amide bonds. The van der Waals surface area contributed by atoms with Crippen molar-refractivity contribution in [3.63, 3.8) is 0 Å². The van der Waals surface area contributed by atoms with Gasteiger partial charge in [-0.1, -0.05) is 26.7 Å². The minimum absolute atomic E-state index is 0.152. The molecule has 1 heterocycles. The van der Waals surface area contributed by atoms with Crippen LogP contribution in [0.2, 0.25) is 0 Å². The number of rotatable bonds is 8. The van der Waals surface area contributed by atoms with Gasteiger partial charge in [0, 0.05) is 45.2 Å². The molecule has 0 saturated carbocycles. The number of amides is 2. The molecule has 0 atom stereocenters. The van der Waals surface area contributed by atoms with E-state index in [0.29, 0.717) is 19.6 Å². The number of ether oxygens (including phenoxy) is 1. The number of hydrogen-bond acceptors (Lipinski definition) is 4. The van der Waals surface area contributed by atoms with Crippen LogP contribution in [0.3, 0.4) is 0 Å². The number of piperazine rings is 1. The molecule has 0 aromatic heterocycles. The third-order valence-electron chi connectivity index (χ3n) is 4.40. The first-order valence-electron chi connectivity index (χ1n) is 9.74. The topological polar surface area (TPSA) is 61.9 Å². The molecule has 0 aliphatic carbocycles. The highest BCUT2D eigenvalue weighted by Gasteiger charge is 2.25. The van der Waals surface area contributed by atoms with Gasteiger partial charge in [0.15, 0.2) is 0 Å². The minimum atomic E-state index is -0.452. The number of carbonyl (C=O) groups excluding carboxylic acids is 2. The van der Waals surface area contributed by atoms with Crippen molar-refractivity contribution in [1.29, 1.82) is 0 Å². The Morgan fingerprint density at radius 1 is 1.04 bits per heavy atom. The van der Waals surface area contributed by atoms with E-state index in [-0.39, 0.29) is 17.9 Å². The van der Waals surface area contributed by atoms with Gasteiger partial charge in [0.1, 0.15) is 5.60 Å². The van der Waals surface area contributed by atoms with Crippen LogP contribution in [0, 0.1) is 5.92 Å². The van der Waals surface area contributed by atoms with Gasteiger partial charge in [0.05, 0.1) is 0 Å². The lowest BCUT2D eigenvalue weighted by Crippen LogP contribution is -2.51. The maximum absolute atomic E-state index is 12.2. The molecule has 1 aliphatic rings. The highest BCUT2D eigenvalue weighted by atomic mass is 16.6. The van der Waals surface area contributed by atoms with Crippen molar-refractivity contribution in [2.75, 3.05) is 39.3 Å². The van der Waals surface area contributed by atoms with Crippen LogP contribution in [0.25, 0.3) is 0 Å². The van der Waals surface area contributed by atoms with E-state index in [0.717, 1.165) is 45.3 Å². The average molecular weight is 356 g/mol. The fraction of sp³-hybridized carbons (Fsp3) is 0.895. The monoisotopic (exact) mass is 355 g/mol. The van der Waals surface area contributed by atoms with Crippen LogP contribution in [0.4, 0.5) is 4.79 Å². The lowest BCUT2D eigenvalue weighted by molar-refractivity contribution is -0.125. The molecule has 1 saturated heterocycles. The normalized spacial score (nSPS) is 16.2. The van der Waals surface area contributed by atoms with Crippen molar-refractivity contribution in [1.82, 2.24) is 15.1 Å². The summed E-state index contributed by atoms with van der Waals surface area (Å²) < 4.78 is 5.41. The van der Waals surface area contributed by atoms with Gasteiger partial charge in [-0.25, -0.2) is 4.79 Å². The van der Waals surface area contributed by atoms with Gasteiger partial charge < -0.3 is 15.0 Å². The van der Waals surface area contributed by atoms with E-state index in [2.05, 4.69) is 24.1 Å². The highest BCUT2D eigenvalue weighted by Crippen LogP contribution is 2.14. The van der Waals surface area contributed by atoms with Crippen LogP contribution in [-0.2, 0) is 9.53 Å². The zero-order valence-corrected chi connectivity index (χ0v) is 16.8. The number of hydrogen-bond donors (Lipinski definition) is 1. The molecule has 25 heavy (non-hydrogen) atoms. The Morgan fingerprint density at radius 2 is 1.60 bits per heavy atom. The smallest absolute Gasteiger partial charge is 0.410 e. The molecule has 6 nitrogen and oxygen atoms in total. The summed E-state index contributed by atoms with van der Waals surface area (Å²) >= 11 is 0. The number of nitrogens with one attached hydrogen (secondary N) is 1. The van der Waals surface area contributed by atoms with Crippen LogP contribution in [0.15, 0.2) is 0 Å². The predicted octanol–water partition coefficient (Wildman–Crippen LogP) is 2.87. The molecular weight excluding hydrogens is 318 g/mol. The second kappa shape index (κ2) is 10.6. The van der Waals surface area contributed by atoms with Gasteiger partial charge in [0.2, 0.25) is 5.91 Å². The zero-order valence-electron chi connectivity index (χ0n) is 16.8. The molecular formula is C19H37N3O3. The fourth-order valence-corrected chi connectivity index (χ4v) is 3.07. The minimum Gasteiger partial charge on any atom is -0.444 e. The molecule has 0 radical (unpaired) electrons. The first-order valence-corrected chi connectivity index (χ1v) is 9.74. The summed E-state index contributed by atoms with van der Waals surface area (Å²) in [6, 6.07) is 0. The molecule has 1 rings (SSSR count). The molecule has 146 valence electrons. The van der Waals surface area contributed by atoms with E-state index < -0.39 is 5.60 Å². The van der Waals surface area contributed by atoms with E-state index in [1.165, 1.54) is 0 Å². The van der Waals surface area contributed by atoms with E-state index in [9.17, 15) is 9.59 Å². The van der Waals surface area contributed by atoms with Crippen molar-refractivity contribution >= 4 is 12.0 Å². The molecule has 1 aliphatic heterocycles. The molecule has 6 heteroatoms. The summed E-state index contributed by atoms with van der Waals surface area (Å²) in [7, 11) is 0. The van der Waals surface area contributed by atoms with Crippen LogP contribution in [-0.4, -0.2) is 66.7 Å². The Bertz CT molecular complexity index is 407. The molecule has 0 spiro atoms. The lowest BCUT2D eigenvalue weighted by atomic mass is 9.97. The molecule has 0 unspecified atom stereocenters. The van der Waals surface area contributed by atoms with Crippen molar-refractivity contribution in [2.24, 2.45) is 5.92 Å². The Kier molecular flexibility index (Phi) is 9.25. The van der Waals surface area contributed by atoms with Gasteiger partial charge in [0.25, 0.3) is 0 Å². The van der Waals surface area contributed by atoms with Gasteiger partial charge in [-0.05, 0) is 33.6 Å². The largest absolute Gasteiger partial charge is 0.444 e. The van der Waals surface area contributed by atoms with Gasteiger partial charge in [-0.15, -0.1) is 0 Å². The molecule has 0 aromatic carbocycles. The summed E-state index contributed by atoms with van der Waals surface area (Å²) in [6.45, 7) is 14.4. The maximum Gasteiger partial charge on any atom is 0.410 e. The van der Waals surface area contributed by atoms with Crippen molar-refractivity contribution < 1.29 is 14.3 Å². The van der Waals surface area contributed by atoms with E-state index in [1.54, 1.807) is 4.90 Å². The second-order valence-corrected chi connectivity index (χ2v) is 7.87. The predicted molar refractivity (Wildman–Crippen MR) is 101 cm³/mol. The van der Waals surface area contributed by atoms with Gasteiger partial charge in [-0.3, -0.25) is 9.69 Å². The lowest BCUT2D eigenvalue weighted by Gasteiger charge is -2.35. The first kappa shape index (κ1) is 21.7. The Morgan fingerprint density at radius 3 is 2.08 bits per heavy atom. The van der Waals surface area contributed by atoms with Crippen molar-refractivity contribution in [3.8, 4) is 0 Å². The highest BCUT2D eigenvalue weighted by molar-refractivity contribution is 5.78. The average Bonchev–Trinajstić information content (AvgIpc) is 2.53. The van der Waals surface area contributed by atoms with Gasteiger partial charge >= 0.3 is 6.09 Å². The number of nitrogens with zero attached hydrogens (tertiary/aromatic N) is 2. The van der Waals surface area contributed by atoms with E-state index in [4.69, 9.17) is 4.74 Å². The molecule has 1 N–H and O–H groups in total. The van der Waals surface area contributed by atoms with Crippen LogP contribution < -0.4 is 5.32 Å². The molecule has 0 bridgehead atoms.